The normalized spacial score (nSPS) is 10.6. The number of halogens is 1. The van der Waals surface area contributed by atoms with Gasteiger partial charge in [0.1, 0.15) is 11.6 Å². The van der Waals surface area contributed by atoms with Gasteiger partial charge in [-0.15, -0.1) is 0 Å². The predicted molar refractivity (Wildman–Crippen MR) is 114 cm³/mol. The number of rotatable bonds is 8. The van der Waals surface area contributed by atoms with Crippen molar-refractivity contribution in [2.24, 2.45) is 0 Å². The molecule has 0 saturated carbocycles. The smallest absolute Gasteiger partial charge is 0.276 e. The Labute approximate surface area is 174 Å². The van der Waals surface area contributed by atoms with Crippen molar-refractivity contribution >= 4 is 40.5 Å². The van der Waals surface area contributed by atoms with E-state index in [1.807, 2.05) is 30.7 Å². The van der Waals surface area contributed by atoms with Crippen LogP contribution in [0.1, 0.15) is 29.9 Å². The van der Waals surface area contributed by atoms with Gasteiger partial charge in [0.25, 0.3) is 5.91 Å². The van der Waals surface area contributed by atoms with Crippen LogP contribution in [0.15, 0.2) is 42.6 Å². The number of aryl methyl sites for hydroxylation is 2. The first-order valence-electron chi connectivity index (χ1n) is 9.27. The van der Waals surface area contributed by atoms with Crippen LogP contribution >= 0.6 is 11.6 Å². The minimum Gasteiger partial charge on any atom is -0.353 e. The fourth-order valence-electron chi connectivity index (χ4n) is 2.75. The first-order chi connectivity index (χ1) is 14.0. The minimum atomic E-state index is -0.346. The van der Waals surface area contributed by atoms with Crippen molar-refractivity contribution in [3.8, 4) is 0 Å². The molecule has 2 heterocycles. The quantitative estimate of drug-likeness (QED) is 0.472. The molecule has 0 bridgehead atoms. The Bertz CT molecular complexity index is 1000. The fraction of sp³-hybridized carbons (Fsp3) is 0.250. The molecule has 0 radical (unpaired) electrons. The lowest BCUT2D eigenvalue weighted by Gasteiger charge is -2.14. The average Bonchev–Trinajstić information content (AvgIpc) is 3.08. The average molecular weight is 415 g/mol. The second-order valence-electron chi connectivity index (χ2n) is 6.20. The molecular weight excluding hydrogens is 392 g/mol. The highest BCUT2D eigenvalue weighted by atomic mass is 35.5. The van der Waals surface area contributed by atoms with E-state index in [-0.39, 0.29) is 5.91 Å². The van der Waals surface area contributed by atoms with E-state index in [0.29, 0.717) is 34.4 Å². The van der Waals surface area contributed by atoms with Crippen molar-refractivity contribution in [2.75, 3.05) is 17.2 Å². The van der Waals surface area contributed by atoms with Gasteiger partial charge in [-0.05, 0) is 32.9 Å². The van der Waals surface area contributed by atoms with Gasteiger partial charge in [0.2, 0.25) is 0 Å². The van der Waals surface area contributed by atoms with Gasteiger partial charge in [-0.25, -0.2) is 15.1 Å². The third kappa shape index (κ3) is 5.04. The maximum Gasteiger partial charge on any atom is 0.276 e. The van der Waals surface area contributed by atoms with Crippen molar-refractivity contribution in [2.45, 2.75) is 27.3 Å². The Balaban J connectivity index is 1.85. The molecule has 29 heavy (non-hydrogen) atoms. The summed E-state index contributed by atoms with van der Waals surface area (Å²) in [7, 11) is 0. The number of nitrogens with zero attached hydrogens (tertiary/aromatic N) is 3. The number of hydrogen-bond donors (Lipinski definition) is 3. The van der Waals surface area contributed by atoms with Gasteiger partial charge >= 0.3 is 0 Å². The number of nitrogens with one attached hydrogen (secondary N) is 3. The van der Waals surface area contributed by atoms with Crippen molar-refractivity contribution in [1.29, 1.82) is 0 Å². The number of hydroxylamine groups is 1. The molecule has 0 unspecified atom stereocenters. The van der Waals surface area contributed by atoms with Gasteiger partial charge in [-0.1, -0.05) is 23.7 Å². The van der Waals surface area contributed by atoms with E-state index in [1.165, 1.54) is 0 Å². The summed E-state index contributed by atoms with van der Waals surface area (Å²) in [6.07, 6.45) is 1.55. The number of hydrogen-bond acceptors (Lipinski definition) is 6. The van der Waals surface area contributed by atoms with E-state index in [0.717, 1.165) is 18.1 Å². The lowest BCUT2D eigenvalue weighted by Crippen LogP contribution is -2.24. The van der Waals surface area contributed by atoms with Crippen LogP contribution < -0.4 is 16.1 Å². The maximum atomic E-state index is 12.3. The van der Waals surface area contributed by atoms with Crippen molar-refractivity contribution in [1.82, 2.24) is 20.2 Å². The van der Waals surface area contributed by atoms with Gasteiger partial charge in [0, 0.05) is 18.7 Å². The highest BCUT2D eigenvalue weighted by Gasteiger charge is 2.13. The standard InChI is InChI=1S/C20H23ClN6O2/c1-4-27-19(10-13(3)25-27)24-18-11-17(15(21)12-22-18)23-16-9-7-6-8-14(16)20(28)26-29-5-2/h6-12H,4-5H2,1-3H3,(H,26,28)(H2,22,23,24). The number of pyridine rings is 1. The maximum absolute atomic E-state index is 12.3. The van der Waals surface area contributed by atoms with Crippen LogP contribution in [0.4, 0.5) is 23.0 Å². The summed E-state index contributed by atoms with van der Waals surface area (Å²) in [5.74, 6) is 1.09. The Morgan fingerprint density at radius 1 is 1.17 bits per heavy atom. The predicted octanol–water partition coefficient (Wildman–Crippen LogP) is 4.43. The molecular formula is C20H23ClN6O2. The third-order valence-corrected chi connectivity index (χ3v) is 4.36. The SMILES string of the molecule is CCONC(=O)c1ccccc1Nc1cc(Nc2cc(C)nn2CC)ncc1Cl. The molecule has 1 aromatic carbocycles. The molecule has 0 aliphatic heterocycles. The van der Waals surface area contributed by atoms with Gasteiger partial charge in [0.05, 0.1) is 40.5 Å². The molecule has 9 heteroatoms. The van der Waals surface area contributed by atoms with E-state index in [1.54, 1.807) is 37.4 Å². The molecule has 0 atom stereocenters. The molecule has 0 aliphatic rings. The molecule has 152 valence electrons. The summed E-state index contributed by atoms with van der Waals surface area (Å²) in [6.45, 7) is 6.85. The van der Waals surface area contributed by atoms with Crippen LogP contribution in [0.2, 0.25) is 5.02 Å². The van der Waals surface area contributed by atoms with E-state index in [9.17, 15) is 4.79 Å². The van der Waals surface area contributed by atoms with E-state index >= 15 is 0 Å². The second-order valence-corrected chi connectivity index (χ2v) is 6.60. The number of anilines is 4. The molecule has 3 N–H and O–H groups in total. The monoisotopic (exact) mass is 414 g/mol. The van der Waals surface area contributed by atoms with Crippen molar-refractivity contribution in [3.05, 3.63) is 58.9 Å². The summed E-state index contributed by atoms with van der Waals surface area (Å²) in [4.78, 5) is 21.7. The summed E-state index contributed by atoms with van der Waals surface area (Å²) < 4.78 is 1.85. The Morgan fingerprint density at radius 2 is 1.97 bits per heavy atom. The number of aromatic nitrogens is 3. The number of carbonyl (C=O) groups is 1. The molecule has 3 aromatic rings. The first kappa shape index (κ1) is 20.6. The van der Waals surface area contributed by atoms with Crippen LogP contribution in [-0.2, 0) is 11.4 Å². The molecule has 0 aliphatic carbocycles. The van der Waals surface area contributed by atoms with Gasteiger partial charge < -0.3 is 10.6 Å². The third-order valence-electron chi connectivity index (χ3n) is 4.06. The molecule has 0 spiro atoms. The number of benzene rings is 1. The molecule has 1 amide bonds. The zero-order valence-electron chi connectivity index (χ0n) is 16.5. The minimum absolute atomic E-state index is 0.346. The topological polar surface area (TPSA) is 93.1 Å². The molecule has 0 fully saturated rings. The number of carbonyl (C=O) groups excluding carboxylic acids is 1. The van der Waals surface area contributed by atoms with E-state index < -0.39 is 0 Å². The summed E-state index contributed by atoms with van der Waals surface area (Å²) in [5, 5.41) is 11.3. The van der Waals surface area contributed by atoms with Crippen LogP contribution in [0.25, 0.3) is 0 Å². The van der Waals surface area contributed by atoms with E-state index in [4.69, 9.17) is 16.4 Å². The second kappa shape index (κ2) is 9.40. The first-order valence-corrected chi connectivity index (χ1v) is 9.64. The van der Waals surface area contributed by atoms with Crippen LogP contribution in [0.5, 0.6) is 0 Å². The number of amides is 1. The van der Waals surface area contributed by atoms with Crippen LogP contribution in [-0.4, -0.2) is 27.3 Å². The van der Waals surface area contributed by atoms with Gasteiger partial charge in [-0.2, -0.15) is 5.10 Å². The highest BCUT2D eigenvalue weighted by molar-refractivity contribution is 6.33. The largest absolute Gasteiger partial charge is 0.353 e. The lowest BCUT2D eigenvalue weighted by molar-refractivity contribution is 0.0365. The van der Waals surface area contributed by atoms with Crippen molar-refractivity contribution in [3.63, 3.8) is 0 Å². The summed E-state index contributed by atoms with van der Waals surface area (Å²) >= 11 is 6.33. The summed E-state index contributed by atoms with van der Waals surface area (Å²) in [5.41, 5.74) is 4.96. The fourth-order valence-corrected chi connectivity index (χ4v) is 2.90. The van der Waals surface area contributed by atoms with Crippen LogP contribution in [0, 0.1) is 6.92 Å². The Morgan fingerprint density at radius 3 is 2.72 bits per heavy atom. The zero-order chi connectivity index (χ0) is 20.8. The molecule has 2 aromatic heterocycles. The Kier molecular flexibility index (Phi) is 6.69. The van der Waals surface area contributed by atoms with Crippen LogP contribution in [0.3, 0.4) is 0 Å². The van der Waals surface area contributed by atoms with Gasteiger partial charge in [-0.3, -0.25) is 9.63 Å². The molecule has 8 nitrogen and oxygen atoms in total. The van der Waals surface area contributed by atoms with E-state index in [2.05, 4.69) is 26.2 Å². The highest BCUT2D eigenvalue weighted by Crippen LogP contribution is 2.29. The van der Waals surface area contributed by atoms with Crippen molar-refractivity contribution < 1.29 is 9.63 Å². The molecule has 0 saturated heterocycles. The summed E-state index contributed by atoms with van der Waals surface area (Å²) in [6, 6.07) is 10.8. The zero-order valence-corrected chi connectivity index (χ0v) is 17.2. The number of para-hydroxylation sites is 1. The van der Waals surface area contributed by atoms with Gasteiger partial charge in [0.15, 0.2) is 0 Å². The Hall–Kier alpha value is -3.10. The lowest BCUT2D eigenvalue weighted by atomic mass is 10.1. The molecule has 3 rings (SSSR count).